The molecule has 154 valence electrons. The second-order valence-electron chi connectivity index (χ2n) is 6.09. The molecule has 0 aliphatic rings. The van der Waals surface area contributed by atoms with E-state index < -0.39 is 5.91 Å². The van der Waals surface area contributed by atoms with E-state index in [1.54, 1.807) is 26.2 Å². The van der Waals surface area contributed by atoms with Crippen LogP contribution in [0.3, 0.4) is 0 Å². The first-order chi connectivity index (χ1) is 13.8. The zero-order chi connectivity index (χ0) is 21.4. The van der Waals surface area contributed by atoms with Crippen molar-refractivity contribution in [2.45, 2.75) is 6.92 Å². The molecule has 2 amide bonds. The Morgan fingerprint density at radius 1 is 1.21 bits per heavy atom. The van der Waals surface area contributed by atoms with Crippen LogP contribution in [0.5, 0.6) is 17.2 Å². The largest absolute Gasteiger partial charge is 0.508 e. The number of carbonyl (C=O) groups excluding carboxylic acids is 2. The zero-order valence-corrected chi connectivity index (χ0v) is 17.9. The summed E-state index contributed by atoms with van der Waals surface area (Å²) in [7, 11) is 3.30. The number of benzene rings is 2. The van der Waals surface area contributed by atoms with Crippen LogP contribution in [0.2, 0.25) is 0 Å². The van der Waals surface area contributed by atoms with Gasteiger partial charge in [-0.05, 0) is 64.8 Å². The highest BCUT2D eigenvalue weighted by molar-refractivity contribution is 9.10. The molecule has 0 saturated carbocycles. The number of aromatic hydroxyl groups is 1. The Bertz CT molecular complexity index is 898. The average molecular weight is 464 g/mol. The molecule has 0 bridgehead atoms. The lowest BCUT2D eigenvalue weighted by atomic mass is 10.2. The van der Waals surface area contributed by atoms with Crippen LogP contribution in [0.4, 0.5) is 0 Å². The molecule has 0 atom stereocenters. The summed E-state index contributed by atoms with van der Waals surface area (Å²) >= 11 is 3.42. The van der Waals surface area contributed by atoms with Crippen molar-refractivity contribution in [3.8, 4) is 17.2 Å². The summed E-state index contributed by atoms with van der Waals surface area (Å²) in [4.78, 5) is 25.3. The van der Waals surface area contributed by atoms with Crippen molar-refractivity contribution in [3.63, 3.8) is 0 Å². The molecule has 0 aliphatic carbocycles. The molecule has 29 heavy (non-hydrogen) atoms. The number of ether oxygens (including phenoxy) is 2. The normalized spacial score (nSPS) is 10.6. The Labute approximate surface area is 177 Å². The van der Waals surface area contributed by atoms with Crippen molar-refractivity contribution in [2.24, 2.45) is 5.10 Å². The molecule has 0 spiro atoms. The van der Waals surface area contributed by atoms with E-state index in [0.29, 0.717) is 33.7 Å². The number of phenols is 1. The van der Waals surface area contributed by atoms with E-state index in [4.69, 9.17) is 9.47 Å². The van der Waals surface area contributed by atoms with E-state index in [9.17, 15) is 14.7 Å². The van der Waals surface area contributed by atoms with Gasteiger partial charge in [-0.2, -0.15) is 5.10 Å². The van der Waals surface area contributed by atoms with Crippen LogP contribution in [-0.2, 0) is 4.79 Å². The van der Waals surface area contributed by atoms with E-state index in [0.717, 1.165) is 0 Å². The van der Waals surface area contributed by atoms with Crippen molar-refractivity contribution >= 4 is 34.0 Å². The Hall–Kier alpha value is -3.07. The maximum absolute atomic E-state index is 12.0. The topological polar surface area (TPSA) is 100 Å². The summed E-state index contributed by atoms with van der Waals surface area (Å²) in [6.07, 6.45) is 1.46. The van der Waals surface area contributed by atoms with Gasteiger partial charge in [-0.3, -0.25) is 9.59 Å². The number of nitrogens with zero attached hydrogens (tertiary/aromatic N) is 2. The molecule has 0 unspecified atom stereocenters. The number of carbonyl (C=O) groups is 2. The van der Waals surface area contributed by atoms with Crippen LogP contribution in [0.25, 0.3) is 0 Å². The second kappa shape index (κ2) is 10.5. The highest BCUT2D eigenvalue weighted by atomic mass is 79.9. The predicted octanol–water partition coefficient (Wildman–Crippen LogP) is 2.78. The summed E-state index contributed by atoms with van der Waals surface area (Å²) in [5.41, 5.74) is 3.43. The van der Waals surface area contributed by atoms with Gasteiger partial charge in [0.1, 0.15) is 5.75 Å². The lowest BCUT2D eigenvalue weighted by molar-refractivity contribution is -0.130. The van der Waals surface area contributed by atoms with Crippen molar-refractivity contribution in [2.75, 3.05) is 27.3 Å². The third-order valence-electron chi connectivity index (χ3n) is 3.68. The number of hydrazone groups is 1. The first kappa shape index (κ1) is 22.2. The molecule has 2 N–H and O–H groups in total. The van der Waals surface area contributed by atoms with E-state index in [1.807, 2.05) is 6.92 Å². The molecule has 0 saturated heterocycles. The van der Waals surface area contributed by atoms with Gasteiger partial charge in [0.05, 0.1) is 17.3 Å². The zero-order valence-electron chi connectivity index (χ0n) is 16.3. The van der Waals surface area contributed by atoms with Gasteiger partial charge in [-0.15, -0.1) is 0 Å². The lowest BCUT2D eigenvalue weighted by Gasteiger charge is -2.16. The van der Waals surface area contributed by atoms with Gasteiger partial charge in [0.25, 0.3) is 11.8 Å². The molecular weight excluding hydrogens is 442 g/mol. The number of rotatable bonds is 8. The van der Waals surface area contributed by atoms with Crippen molar-refractivity contribution in [1.29, 1.82) is 0 Å². The molecule has 0 aromatic heterocycles. The number of phenolic OH excluding ortho intramolecular Hbond substituents is 1. The fourth-order valence-electron chi connectivity index (χ4n) is 2.17. The fourth-order valence-corrected chi connectivity index (χ4v) is 2.75. The second-order valence-corrected chi connectivity index (χ2v) is 6.94. The number of nitrogens with one attached hydrogen (secondary N) is 1. The third-order valence-corrected chi connectivity index (χ3v) is 4.27. The van der Waals surface area contributed by atoms with Crippen LogP contribution < -0.4 is 14.9 Å². The lowest BCUT2D eigenvalue weighted by Crippen LogP contribution is -2.27. The van der Waals surface area contributed by atoms with E-state index >= 15 is 0 Å². The molecule has 0 aliphatic heterocycles. The summed E-state index contributed by atoms with van der Waals surface area (Å²) < 4.78 is 11.8. The molecule has 2 aromatic carbocycles. The van der Waals surface area contributed by atoms with Gasteiger partial charge in [0.15, 0.2) is 18.1 Å². The van der Waals surface area contributed by atoms with Crippen LogP contribution in [-0.4, -0.2) is 55.3 Å². The van der Waals surface area contributed by atoms with Crippen molar-refractivity contribution in [1.82, 2.24) is 10.3 Å². The SMILES string of the molecule is CCOc1cc(C=NNC(=O)c2ccc(O)cc2)cc(Br)c1OCC(=O)N(C)C. The third kappa shape index (κ3) is 6.49. The maximum Gasteiger partial charge on any atom is 0.271 e. The monoisotopic (exact) mass is 463 g/mol. The average Bonchev–Trinajstić information content (AvgIpc) is 2.67. The van der Waals surface area contributed by atoms with Crippen LogP contribution in [0.15, 0.2) is 46.0 Å². The summed E-state index contributed by atoms with van der Waals surface area (Å²) in [5, 5.41) is 13.2. The van der Waals surface area contributed by atoms with Gasteiger partial charge in [-0.25, -0.2) is 5.43 Å². The van der Waals surface area contributed by atoms with E-state index in [-0.39, 0.29) is 18.3 Å². The Morgan fingerprint density at radius 3 is 2.52 bits per heavy atom. The fraction of sp³-hybridized carbons (Fsp3) is 0.250. The van der Waals surface area contributed by atoms with Crippen LogP contribution in [0.1, 0.15) is 22.8 Å². The smallest absolute Gasteiger partial charge is 0.271 e. The number of likely N-dealkylation sites (N-methyl/N-ethyl adjacent to an activating group) is 1. The molecular formula is C20H22BrN3O5. The Kier molecular flexibility index (Phi) is 8.02. The molecule has 2 aromatic rings. The summed E-state index contributed by atoms with van der Waals surface area (Å²) in [6.45, 7) is 2.12. The van der Waals surface area contributed by atoms with Gasteiger partial charge >= 0.3 is 0 Å². The highest BCUT2D eigenvalue weighted by Crippen LogP contribution is 2.36. The first-order valence-electron chi connectivity index (χ1n) is 8.73. The van der Waals surface area contributed by atoms with Gasteiger partial charge in [0.2, 0.25) is 0 Å². The number of halogens is 1. The van der Waals surface area contributed by atoms with Gasteiger partial charge < -0.3 is 19.5 Å². The van der Waals surface area contributed by atoms with Gasteiger partial charge in [-0.1, -0.05) is 0 Å². The highest BCUT2D eigenvalue weighted by Gasteiger charge is 2.14. The number of amides is 2. The molecule has 0 heterocycles. The van der Waals surface area contributed by atoms with Crippen molar-refractivity contribution < 1.29 is 24.2 Å². The quantitative estimate of drug-likeness (QED) is 0.462. The number of hydrogen-bond acceptors (Lipinski definition) is 6. The summed E-state index contributed by atoms with van der Waals surface area (Å²) in [5.74, 6) is 0.342. The van der Waals surface area contributed by atoms with Crippen LogP contribution in [0, 0.1) is 0 Å². The minimum atomic E-state index is -0.410. The summed E-state index contributed by atoms with van der Waals surface area (Å²) in [6, 6.07) is 9.25. The molecule has 0 radical (unpaired) electrons. The van der Waals surface area contributed by atoms with Gasteiger partial charge in [0, 0.05) is 19.7 Å². The molecule has 2 rings (SSSR count). The Balaban J connectivity index is 2.12. The molecule has 8 nitrogen and oxygen atoms in total. The number of hydrogen-bond donors (Lipinski definition) is 2. The predicted molar refractivity (Wildman–Crippen MR) is 113 cm³/mol. The first-order valence-corrected chi connectivity index (χ1v) is 9.52. The van der Waals surface area contributed by atoms with E-state index in [1.165, 1.54) is 35.4 Å². The van der Waals surface area contributed by atoms with E-state index in [2.05, 4.69) is 26.5 Å². The minimum absolute atomic E-state index is 0.0768. The standard InChI is InChI=1S/C20H22BrN3O5/c1-4-28-17-10-13(9-16(21)19(17)29-12-18(26)24(2)3)11-22-23-20(27)14-5-7-15(25)8-6-14/h5-11,25H,4,12H2,1-3H3,(H,23,27). The maximum atomic E-state index is 12.0. The molecule has 0 fully saturated rings. The minimum Gasteiger partial charge on any atom is -0.508 e. The van der Waals surface area contributed by atoms with Crippen LogP contribution >= 0.6 is 15.9 Å². The van der Waals surface area contributed by atoms with Crippen molar-refractivity contribution in [3.05, 3.63) is 52.0 Å². The molecule has 9 heteroatoms. The Morgan fingerprint density at radius 2 is 1.90 bits per heavy atom.